The number of hydrogen-bond acceptors (Lipinski definition) is 4. The number of rotatable bonds is 9. The van der Waals surface area contributed by atoms with E-state index in [2.05, 4.69) is 29.1 Å². The van der Waals surface area contributed by atoms with Gasteiger partial charge in [0.15, 0.2) is 0 Å². The fourth-order valence-corrected chi connectivity index (χ4v) is 4.02. The Morgan fingerprint density at radius 2 is 2.03 bits per heavy atom. The zero-order chi connectivity index (χ0) is 22.4. The van der Waals surface area contributed by atoms with E-state index in [9.17, 15) is 14.4 Å². The number of nitrogens with zero attached hydrogens (tertiary/aromatic N) is 2. The third-order valence-corrected chi connectivity index (χ3v) is 5.77. The number of aryl methyl sites for hydroxylation is 1. The molecule has 0 spiro atoms. The number of benzene rings is 1. The smallest absolute Gasteiger partial charge is 0.262 e. The fourth-order valence-electron chi connectivity index (χ4n) is 4.02. The predicted molar refractivity (Wildman–Crippen MR) is 122 cm³/mol. The van der Waals surface area contributed by atoms with Crippen LogP contribution in [0.4, 0.5) is 0 Å². The standard InChI is InChI=1S/C24H32N4O3/c1-4-5-6-7-8-9-22(29)25-15-18-11-12-20-19(14-18)24(31)28(17(3)27-20)21-13-10-16(2)26-23(21)30/h11-12,14,21H,2,4-10,13,15H2,1,3H3,(H,25,29)(H,26,30). The molecule has 1 fully saturated rings. The van der Waals surface area contributed by atoms with Crippen molar-refractivity contribution in [2.45, 2.75) is 77.8 Å². The van der Waals surface area contributed by atoms with Crippen molar-refractivity contribution in [3.63, 3.8) is 0 Å². The molecule has 3 rings (SSSR count). The molecule has 1 aliphatic rings. The van der Waals surface area contributed by atoms with Crippen molar-refractivity contribution in [1.82, 2.24) is 20.2 Å². The topological polar surface area (TPSA) is 93.1 Å². The summed E-state index contributed by atoms with van der Waals surface area (Å²) in [5.74, 6) is 0.300. The van der Waals surface area contributed by atoms with Gasteiger partial charge in [0.25, 0.3) is 5.56 Å². The molecule has 1 aromatic carbocycles. The number of amides is 2. The molecule has 0 bridgehead atoms. The van der Waals surface area contributed by atoms with Crippen LogP contribution in [0.15, 0.2) is 35.3 Å². The maximum Gasteiger partial charge on any atom is 0.262 e. The normalized spacial score (nSPS) is 16.4. The van der Waals surface area contributed by atoms with Gasteiger partial charge in [0.2, 0.25) is 11.8 Å². The van der Waals surface area contributed by atoms with Crippen molar-refractivity contribution >= 4 is 22.7 Å². The molecule has 166 valence electrons. The number of aromatic nitrogens is 2. The van der Waals surface area contributed by atoms with Crippen LogP contribution in [-0.2, 0) is 16.1 Å². The third-order valence-electron chi connectivity index (χ3n) is 5.77. The quantitative estimate of drug-likeness (QED) is 0.601. The van der Waals surface area contributed by atoms with Crippen LogP contribution in [0.25, 0.3) is 10.9 Å². The Bertz CT molecular complexity index is 1040. The van der Waals surface area contributed by atoms with Crippen molar-refractivity contribution in [3.8, 4) is 0 Å². The van der Waals surface area contributed by atoms with Gasteiger partial charge in [-0.3, -0.25) is 19.0 Å². The van der Waals surface area contributed by atoms with E-state index in [1.165, 1.54) is 23.8 Å². The number of fused-ring (bicyclic) bond motifs is 1. The molecule has 2 N–H and O–H groups in total. The van der Waals surface area contributed by atoms with Crippen LogP contribution < -0.4 is 16.2 Å². The summed E-state index contributed by atoms with van der Waals surface area (Å²) < 4.78 is 1.47. The number of unbranched alkanes of at least 4 members (excludes halogenated alkanes) is 4. The SMILES string of the molecule is C=C1CCC(n2c(C)nc3ccc(CNC(=O)CCCCCCC)cc3c2=O)C(=O)N1. The molecule has 1 saturated heterocycles. The molecule has 1 aromatic heterocycles. The largest absolute Gasteiger partial charge is 0.352 e. The van der Waals surface area contributed by atoms with E-state index in [0.29, 0.717) is 48.2 Å². The highest BCUT2D eigenvalue weighted by atomic mass is 16.2. The van der Waals surface area contributed by atoms with E-state index in [0.717, 1.165) is 18.4 Å². The lowest BCUT2D eigenvalue weighted by Crippen LogP contribution is -2.41. The minimum absolute atomic E-state index is 0.0233. The molecule has 1 aliphatic heterocycles. The molecule has 7 heteroatoms. The van der Waals surface area contributed by atoms with Crippen LogP contribution in [0.2, 0.25) is 0 Å². The summed E-state index contributed by atoms with van der Waals surface area (Å²) in [6, 6.07) is 4.84. The molecule has 0 saturated carbocycles. The predicted octanol–water partition coefficient (Wildman–Crippen LogP) is 3.65. The highest BCUT2D eigenvalue weighted by Gasteiger charge is 2.28. The average molecular weight is 425 g/mol. The van der Waals surface area contributed by atoms with E-state index in [1.54, 1.807) is 19.1 Å². The fraction of sp³-hybridized carbons (Fsp3) is 0.500. The first-order valence-corrected chi connectivity index (χ1v) is 11.2. The lowest BCUT2D eigenvalue weighted by atomic mass is 10.0. The van der Waals surface area contributed by atoms with Crippen molar-refractivity contribution < 1.29 is 9.59 Å². The molecule has 1 atom stereocenters. The number of carbonyl (C=O) groups is 2. The maximum absolute atomic E-state index is 13.2. The van der Waals surface area contributed by atoms with Crippen LogP contribution >= 0.6 is 0 Å². The van der Waals surface area contributed by atoms with Crippen molar-refractivity contribution in [2.24, 2.45) is 0 Å². The van der Waals surface area contributed by atoms with Gasteiger partial charge in [-0.25, -0.2) is 4.98 Å². The monoisotopic (exact) mass is 424 g/mol. The summed E-state index contributed by atoms with van der Waals surface area (Å²) in [6.45, 7) is 8.07. The summed E-state index contributed by atoms with van der Waals surface area (Å²) in [4.78, 5) is 42.3. The molecule has 2 heterocycles. The first-order valence-electron chi connectivity index (χ1n) is 11.2. The number of carbonyl (C=O) groups excluding carboxylic acids is 2. The zero-order valence-corrected chi connectivity index (χ0v) is 18.5. The van der Waals surface area contributed by atoms with Crippen LogP contribution in [-0.4, -0.2) is 21.4 Å². The van der Waals surface area contributed by atoms with Crippen molar-refractivity contribution in [1.29, 1.82) is 0 Å². The van der Waals surface area contributed by atoms with Crippen LogP contribution in [0, 0.1) is 6.92 Å². The van der Waals surface area contributed by atoms with Crippen LogP contribution in [0.3, 0.4) is 0 Å². The molecule has 1 unspecified atom stereocenters. The summed E-state index contributed by atoms with van der Waals surface area (Å²) in [6.07, 6.45) is 7.20. The number of piperidine rings is 1. The van der Waals surface area contributed by atoms with E-state index < -0.39 is 6.04 Å². The Balaban J connectivity index is 1.73. The summed E-state index contributed by atoms with van der Waals surface area (Å²) in [5.41, 5.74) is 1.86. The molecular formula is C24H32N4O3. The first-order chi connectivity index (χ1) is 14.9. The molecular weight excluding hydrogens is 392 g/mol. The Hall–Kier alpha value is -2.96. The average Bonchev–Trinajstić information content (AvgIpc) is 2.73. The van der Waals surface area contributed by atoms with Gasteiger partial charge in [0.05, 0.1) is 10.9 Å². The third kappa shape index (κ3) is 5.60. The van der Waals surface area contributed by atoms with Gasteiger partial charge in [-0.15, -0.1) is 0 Å². The Kier molecular flexibility index (Phi) is 7.60. The second kappa shape index (κ2) is 10.4. The maximum atomic E-state index is 13.2. The van der Waals surface area contributed by atoms with Crippen LogP contribution in [0.5, 0.6) is 0 Å². The number of hydrogen-bond donors (Lipinski definition) is 2. The Morgan fingerprint density at radius 3 is 2.77 bits per heavy atom. The lowest BCUT2D eigenvalue weighted by Gasteiger charge is -2.26. The van der Waals surface area contributed by atoms with Gasteiger partial charge < -0.3 is 10.6 Å². The Morgan fingerprint density at radius 1 is 1.26 bits per heavy atom. The molecule has 31 heavy (non-hydrogen) atoms. The van der Waals surface area contributed by atoms with E-state index in [1.807, 2.05) is 6.07 Å². The lowest BCUT2D eigenvalue weighted by molar-refractivity contribution is -0.125. The van der Waals surface area contributed by atoms with Gasteiger partial charge in [-0.2, -0.15) is 0 Å². The van der Waals surface area contributed by atoms with Gasteiger partial charge >= 0.3 is 0 Å². The highest BCUT2D eigenvalue weighted by molar-refractivity contribution is 5.84. The highest BCUT2D eigenvalue weighted by Crippen LogP contribution is 2.22. The molecule has 7 nitrogen and oxygen atoms in total. The minimum Gasteiger partial charge on any atom is -0.352 e. The van der Waals surface area contributed by atoms with Crippen LogP contribution in [0.1, 0.15) is 75.7 Å². The van der Waals surface area contributed by atoms with Gasteiger partial charge in [0, 0.05) is 18.7 Å². The van der Waals surface area contributed by atoms with Gasteiger partial charge in [-0.1, -0.05) is 45.3 Å². The van der Waals surface area contributed by atoms with E-state index in [4.69, 9.17) is 0 Å². The van der Waals surface area contributed by atoms with E-state index in [-0.39, 0.29) is 17.4 Å². The number of nitrogens with one attached hydrogen (secondary N) is 2. The molecule has 0 aliphatic carbocycles. The summed E-state index contributed by atoms with van der Waals surface area (Å²) in [5, 5.41) is 6.12. The summed E-state index contributed by atoms with van der Waals surface area (Å²) >= 11 is 0. The van der Waals surface area contributed by atoms with Gasteiger partial charge in [0.1, 0.15) is 11.9 Å². The van der Waals surface area contributed by atoms with Crippen molar-refractivity contribution in [2.75, 3.05) is 0 Å². The molecule has 2 amide bonds. The van der Waals surface area contributed by atoms with Gasteiger partial charge in [-0.05, 0) is 43.9 Å². The Labute approximate surface area is 182 Å². The number of allylic oxidation sites excluding steroid dienone is 1. The van der Waals surface area contributed by atoms with E-state index >= 15 is 0 Å². The second-order valence-electron chi connectivity index (χ2n) is 8.27. The molecule has 2 aromatic rings. The minimum atomic E-state index is -0.592. The summed E-state index contributed by atoms with van der Waals surface area (Å²) in [7, 11) is 0. The van der Waals surface area contributed by atoms with Crippen molar-refractivity contribution in [3.05, 3.63) is 52.2 Å². The molecule has 0 radical (unpaired) electrons. The second-order valence-corrected chi connectivity index (χ2v) is 8.27. The first kappa shape index (κ1) is 22.7. The zero-order valence-electron chi connectivity index (χ0n) is 18.5.